The number of carbonyl (C=O) groups is 2. The molecule has 0 aromatic heterocycles. The molecular formula is C22H28N2O3. The van der Waals surface area contributed by atoms with Crippen LogP contribution in [0.2, 0.25) is 0 Å². The van der Waals surface area contributed by atoms with Gasteiger partial charge in [0.15, 0.2) is 0 Å². The van der Waals surface area contributed by atoms with Gasteiger partial charge in [-0.25, -0.2) is 4.79 Å². The van der Waals surface area contributed by atoms with Crippen molar-refractivity contribution in [2.24, 2.45) is 5.92 Å². The number of methoxy groups -OCH3 is 1. The summed E-state index contributed by atoms with van der Waals surface area (Å²) in [6.07, 6.45) is 1.05. The van der Waals surface area contributed by atoms with Crippen molar-refractivity contribution in [3.05, 3.63) is 59.7 Å². The second-order valence-electron chi connectivity index (χ2n) is 6.85. The lowest BCUT2D eigenvalue weighted by atomic mass is 10.1. The molecule has 0 aliphatic heterocycles. The number of hydrogen-bond acceptors (Lipinski definition) is 4. The number of esters is 1. The number of amides is 1. The number of hydrogen-bond donors (Lipinski definition) is 1. The third-order valence-corrected chi connectivity index (χ3v) is 4.10. The molecule has 144 valence electrons. The van der Waals surface area contributed by atoms with Gasteiger partial charge in [-0.15, -0.1) is 0 Å². The summed E-state index contributed by atoms with van der Waals surface area (Å²) in [5, 5.41) is 3.31. The molecular weight excluding hydrogens is 340 g/mol. The largest absolute Gasteiger partial charge is 0.465 e. The van der Waals surface area contributed by atoms with Crippen LogP contribution in [0.4, 0.5) is 11.4 Å². The molecule has 0 spiro atoms. The molecule has 5 nitrogen and oxygen atoms in total. The summed E-state index contributed by atoms with van der Waals surface area (Å²) in [5.41, 5.74) is 2.86. The fourth-order valence-electron chi connectivity index (χ4n) is 2.72. The van der Waals surface area contributed by atoms with Crippen LogP contribution < -0.4 is 10.2 Å². The maximum absolute atomic E-state index is 13.1. The summed E-state index contributed by atoms with van der Waals surface area (Å²) in [4.78, 5) is 26.5. The molecule has 0 bridgehead atoms. The van der Waals surface area contributed by atoms with E-state index in [1.165, 1.54) is 7.11 Å². The Morgan fingerprint density at radius 1 is 1.00 bits per heavy atom. The summed E-state index contributed by atoms with van der Waals surface area (Å²) in [5.74, 6) is -0.144. The highest BCUT2D eigenvalue weighted by molar-refractivity contribution is 6.06. The van der Waals surface area contributed by atoms with Crippen molar-refractivity contribution in [3.8, 4) is 0 Å². The molecule has 0 fully saturated rings. The normalized spacial score (nSPS) is 10.6. The first-order valence-corrected chi connectivity index (χ1v) is 9.30. The Labute approximate surface area is 161 Å². The standard InChI is InChI=1S/C22H28N2O3/c1-5-14-23-19-10-6-17(7-11-19)21(25)24(15-16(2)3)20-12-8-18(9-13-20)22(26)27-4/h6-13,16,23H,5,14-15H2,1-4H3. The van der Waals surface area contributed by atoms with E-state index in [0.29, 0.717) is 23.6 Å². The van der Waals surface area contributed by atoms with Crippen LogP contribution in [0, 0.1) is 5.92 Å². The molecule has 0 aliphatic carbocycles. The fourth-order valence-corrected chi connectivity index (χ4v) is 2.72. The van der Waals surface area contributed by atoms with Crippen molar-refractivity contribution in [2.75, 3.05) is 30.4 Å². The molecule has 5 heteroatoms. The predicted molar refractivity (Wildman–Crippen MR) is 110 cm³/mol. The van der Waals surface area contributed by atoms with E-state index in [1.807, 2.05) is 24.3 Å². The van der Waals surface area contributed by atoms with Crippen LogP contribution in [0.25, 0.3) is 0 Å². The van der Waals surface area contributed by atoms with Crippen LogP contribution >= 0.6 is 0 Å². The maximum atomic E-state index is 13.1. The van der Waals surface area contributed by atoms with E-state index in [2.05, 4.69) is 26.1 Å². The lowest BCUT2D eigenvalue weighted by molar-refractivity contribution is 0.0600. The molecule has 0 unspecified atom stereocenters. The first-order valence-electron chi connectivity index (χ1n) is 9.30. The molecule has 2 rings (SSSR count). The first-order chi connectivity index (χ1) is 13.0. The van der Waals surface area contributed by atoms with Crippen LogP contribution in [-0.2, 0) is 4.74 Å². The van der Waals surface area contributed by atoms with Crippen LogP contribution in [0.1, 0.15) is 47.9 Å². The van der Waals surface area contributed by atoms with Crippen molar-refractivity contribution in [1.29, 1.82) is 0 Å². The van der Waals surface area contributed by atoms with Gasteiger partial charge in [0, 0.05) is 30.0 Å². The van der Waals surface area contributed by atoms with Gasteiger partial charge in [-0.05, 0) is 60.9 Å². The van der Waals surface area contributed by atoms with E-state index in [1.54, 1.807) is 29.2 Å². The number of benzene rings is 2. The van der Waals surface area contributed by atoms with Crippen LogP contribution in [0.5, 0.6) is 0 Å². The average molecular weight is 368 g/mol. The minimum atomic E-state index is -0.390. The topological polar surface area (TPSA) is 58.6 Å². The van der Waals surface area contributed by atoms with Gasteiger partial charge < -0.3 is 15.0 Å². The maximum Gasteiger partial charge on any atom is 0.337 e. The highest BCUT2D eigenvalue weighted by Gasteiger charge is 2.19. The third kappa shape index (κ3) is 5.58. The summed E-state index contributed by atoms with van der Waals surface area (Å²) < 4.78 is 4.73. The van der Waals surface area contributed by atoms with Crippen molar-refractivity contribution in [2.45, 2.75) is 27.2 Å². The van der Waals surface area contributed by atoms with Crippen LogP contribution in [-0.4, -0.2) is 32.1 Å². The van der Waals surface area contributed by atoms with Gasteiger partial charge in [-0.3, -0.25) is 4.79 Å². The highest BCUT2D eigenvalue weighted by Crippen LogP contribution is 2.21. The second-order valence-corrected chi connectivity index (χ2v) is 6.85. The van der Waals surface area contributed by atoms with Gasteiger partial charge in [0.2, 0.25) is 0 Å². The highest BCUT2D eigenvalue weighted by atomic mass is 16.5. The van der Waals surface area contributed by atoms with Gasteiger partial charge in [-0.1, -0.05) is 20.8 Å². The summed E-state index contributed by atoms with van der Waals surface area (Å²) in [7, 11) is 1.35. The molecule has 27 heavy (non-hydrogen) atoms. The van der Waals surface area contributed by atoms with E-state index in [9.17, 15) is 9.59 Å². The molecule has 1 amide bonds. The molecule has 0 heterocycles. The minimum Gasteiger partial charge on any atom is -0.465 e. The molecule has 2 aromatic rings. The molecule has 2 aromatic carbocycles. The third-order valence-electron chi connectivity index (χ3n) is 4.10. The Bertz CT molecular complexity index is 752. The number of ether oxygens (including phenoxy) is 1. The van der Waals surface area contributed by atoms with E-state index >= 15 is 0 Å². The van der Waals surface area contributed by atoms with Crippen molar-refractivity contribution < 1.29 is 14.3 Å². The number of nitrogens with zero attached hydrogens (tertiary/aromatic N) is 1. The van der Waals surface area contributed by atoms with Crippen molar-refractivity contribution in [3.63, 3.8) is 0 Å². The van der Waals surface area contributed by atoms with Gasteiger partial charge >= 0.3 is 5.97 Å². The minimum absolute atomic E-state index is 0.0587. The fraction of sp³-hybridized carbons (Fsp3) is 0.364. The monoisotopic (exact) mass is 368 g/mol. The van der Waals surface area contributed by atoms with Crippen LogP contribution in [0.15, 0.2) is 48.5 Å². The lowest BCUT2D eigenvalue weighted by Gasteiger charge is -2.25. The molecule has 0 atom stereocenters. The summed E-state index contributed by atoms with van der Waals surface area (Å²) in [6.45, 7) is 7.74. The Kier molecular flexibility index (Phi) is 7.41. The molecule has 0 radical (unpaired) electrons. The second kappa shape index (κ2) is 9.76. The van der Waals surface area contributed by atoms with E-state index in [-0.39, 0.29) is 5.91 Å². The first kappa shape index (κ1) is 20.5. The van der Waals surface area contributed by atoms with Crippen LogP contribution in [0.3, 0.4) is 0 Å². The number of carbonyl (C=O) groups excluding carboxylic acids is 2. The molecule has 0 saturated heterocycles. The smallest absolute Gasteiger partial charge is 0.337 e. The molecule has 0 aliphatic rings. The zero-order valence-electron chi connectivity index (χ0n) is 16.5. The van der Waals surface area contributed by atoms with Gasteiger partial charge in [-0.2, -0.15) is 0 Å². The van der Waals surface area contributed by atoms with Crippen molar-refractivity contribution in [1.82, 2.24) is 0 Å². The Balaban J connectivity index is 2.24. The van der Waals surface area contributed by atoms with E-state index < -0.39 is 5.97 Å². The zero-order chi connectivity index (χ0) is 19.8. The summed E-state index contributed by atoms with van der Waals surface area (Å²) >= 11 is 0. The number of nitrogens with one attached hydrogen (secondary N) is 1. The summed E-state index contributed by atoms with van der Waals surface area (Å²) in [6, 6.07) is 14.5. The molecule has 0 saturated carbocycles. The van der Waals surface area contributed by atoms with E-state index in [4.69, 9.17) is 4.74 Å². The molecule has 1 N–H and O–H groups in total. The SMILES string of the molecule is CCCNc1ccc(C(=O)N(CC(C)C)c2ccc(C(=O)OC)cc2)cc1. The predicted octanol–water partition coefficient (Wildman–Crippen LogP) is 4.60. The Hall–Kier alpha value is -2.82. The van der Waals surface area contributed by atoms with Gasteiger partial charge in [0.25, 0.3) is 5.91 Å². The van der Waals surface area contributed by atoms with Gasteiger partial charge in [0.1, 0.15) is 0 Å². The quantitative estimate of drug-likeness (QED) is 0.692. The zero-order valence-corrected chi connectivity index (χ0v) is 16.5. The Morgan fingerprint density at radius 3 is 2.11 bits per heavy atom. The average Bonchev–Trinajstić information content (AvgIpc) is 2.69. The number of rotatable bonds is 8. The Morgan fingerprint density at radius 2 is 1.59 bits per heavy atom. The number of anilines is 2. The van der Waals surface area contributed by atoms with E-state index in [0.717, 1.165) is 24.3 Å². The van der Waals surface area contributed by atoms with Crippen molar-refractivity contribution >= 4 is 23.3 Å². The lowest BCUT2D eigenvalue weighted by Crippen LogP contribution is -2.34. The van der Waals surface area contributed by atoms with Gasteiger partial charge in [0.05, 0.1) is 12.7 Å².